The fraction of sp³-hybridized carbons (Fsp3) is 0.182. The van der Waals surface area contributed by atoms with Crippen molar-refractivity contribution in [3.8, 4) is 5.88 Å². The van der Waals surface area contributed by atoms with Crippen molar-refractivity contribution >= 4 is 34.7 Å². The second kappa shape index (κ2) is 3.22. The molecule has 3 rings (SSSR count). The van der Waals surface area contributed by atoms with E-state index in [9.17, 15) is 0 Å². The highest BCUT2D eigenvalue weighted by Crippen LogP contribution is 2.30. The molecule has 0 spiro atoms. The largest absolute Gasteiger partial charge is 0.478 e. The van der Waals surface area contributed by atoms with Crippen molar-refractivity contribution in [1.82, 2.24) is 4.98 Å². The summed E-state index contributed by atoms with van der Waals surface area (Å²) < 4.78 is 6.34. The summed E-state index contributed by atoms with van der Waals surface area (Å²) in [5.74, 6) is 0.801. The number of halogens is 1. The molecule has 0 aliphatic carbocycles. The van der Waals surface area contributed by atoms with Gasteiger partial charge in [-0.2, -0.15) is 0 Å². The lowest BCUT2D eigenvalue weighted by molar-refractivity contribution is 0.346. The molecule has 1 aromatic carbocycles. The number of H-pyrrole nitrogens is 1. The zero-order valence-electron chi connectivity index (χ0n) is 7.84. The van der Waals surface area contributed by atoms with Crippen LogP contribution in [0.5, 0.6) is 5.88 Å². The van der Waals surface area contributed by atoms with Crippen LogP contribution in [0.2, 0.25) is 5.02 Å². The van der Waals surface area contributed by atoms with Crippen molar-refractivity contribution in [2.75, 3.05) is 6.61 Å². The molecular formula is C11H8ClNOS. The van der Waals surface area contributed by atoms with E-state index in [-0.39, 0.29) is 0 Å². The maximum atomic E-state index is 5.93. The van der Waals surface area contributed by atoms with Crippen LogP contribution in [0.3, 0.4) is 0 Å². The third kappa shape index (κ3) is 1.34. The lowest BCUT2D eigenvalue weighted by Crippen LogP contribution is -1.88. The lowest BCUT2D eigenvalue weighted by Gasteiger charge is -2.04. The molecule has 4 heteroatoms. The molecule has 0 unspecified atom stereocenters. The van der Waals surface area contributed by atoms with Gasteiger partial charge in [0.05, 0.1) is 16.6 Å². The van der Waals surface area contributed by atoms with E-state index in [4.69, 9.17) is 28.6 Å². The highest BCUT2D eigenvalue weighted by molar-refractivity contribution is 7.71. The number of nitrogens with one attached hydrogen (secondary N) is 1. The van der Waals surface area contributed by atoms with Crippen molar-refractivity contribution in [2.24, 2.45) is 0 Å². The van der Waals surface area contributed by atoms with E-state index in [1.54, 1.807) is 0 Å². The summed E-state index contributed by atoms with van der Waals surface area (Å²) in [6.45, 7) is 0.708. The van der Waals surface area contributed by atoms with E-state index in [2.05, 4.69) is 4.98 Å². The van der Waals surface area contributed by atoms with Crippen LogP contribution in [0.1, 0.15) is 5.56 Å². The van der Waals surface area contributed by atoms with Gasteiger partial charge in [-0.05, 0) is 18.2 Å². The molecule has 0 amide bonds. The molecule has 0 fully saturated rings. The van der Waals surface area contributed by atoms with Crippen molar-refractivity contribution in [1.29, 1.82) is 0 Å². The second-order valence-corrected chi connectivity index (χ2v) is 4.39. The van der Waals surface area contributed by atoms with E-state index in [0.29, 0.717) is 11.6 Å². The molecule has 2 aromatic rings. The van der Waals surface area contributed by atoms with Crippen molar-refractivity contribution in [3.05, 3.63) is 33.3 Å². The first-order chi connectivity index (χ1) is 7.25. The monoisotopic (exact) mass is 237 g/mol. The Hall–Kier alpha value is -1.06. The number of fused-ring (bicyclic) bond motifs is 2. The molecule has 0 radical (unpaired) electrons. The van der Waals surface area contributed by atoms with Crippen LogP contribution in [-0.4, -0.2) is 11.6 Å². The van der Waals surface area contributed by atoms with E-state index in [1.807, 2.05) is 18.2 Å². The molecule has 1 N–H and O–H groups in total. The fourth-order valence-corrected chi connectivity index (χ4v) is 2.43. The first-order valence-electron chi connectivity index (χ1n) is 4.73. The summed E-state index contributed by atoms with van der Waals surface area (Å²) in [4.78, 5) is 3.22. The molecule has 15 heavy (non-hydrogen) atoms. The summed E-state index contributed by atoms with van der Waals surface area (Å²) in [6, 6.07) is 5.68. The summed E-state index contributed by atoms with van der Waals surface area (Å²) >= 11 is 11.3. The van der Waals surface area contributed by atoms with Crippen LogP contribution < -0.4 is 4.74 Å². The smallest absolute Gasteiger partial charge is 0.196 e. The van der Waals surface area contributed by atoms with Gasteiger partial charge >= 0.3 is 0 Å². The van der Waals surface area contributed by atoms with Gasteiger partial charge in [-0.25, -0.2) is 0 Å². The van der Waals surface area contributed by atoms with E-state index < -0.39 is 0 Å². The van der Waals surface area contributed by atoms with E-state index in [0.717, 1.165) is 33.3 Å². The molecule has 0 atom stereocenters. The Morgan fingerprint density at radius 3 is 3.13 bits per heavy atom. The number of ether oxygens (including phenoxy) is 1. The Morgan fingerprint density at radius 2 is 2.27 bits per heavy atom. The normalized spacial score (nSPS) is 13.9. The molecular weight excluding hydrogens is 230 g/mol. The predicted molar refractivity (Wildman–Crippen MR) is 63.3 cm³/mol. The minimum Gasteiger partial charge on any atom is -0.478 e. The molecule has 1 aromatic heterocycles. The maximum absolute atomic E-state index is 5.93. The first-order valence-corrected chi connectivity index (χ1v) is 5.51. The highest BCUT2D eigenvalue weighted by Gasteiger charge is 2.16. The van der Waals surface area contributed by atoms with Gasteiger partial charge in [-0.1, -0.05) is 23.8 Å². The average Bonchev–Trinajstić information content (AvgIpc) is 2.65. The quantitative estimate of drug-likeness (QED) is 0.710. The van der Waals surface area contributed by atoms with Crippen LogP contribution in [0.25, 0.3) is 10.9 Å². The number of hydrogen-bond donors (Lipinski definition) is 1. The van der Waals surface area contributed by atoms with Gasteiger partial charge in [-0.3, -0.25) is 0 Å². The van der Waals surface area contributed by atoms with Crippen molar-refractivity contribution in [2.45, 2.75) is 6.42 Å². The molecule has 76 valence electrons. The molecule has 0 bridgehead atoms. The number of pyridine rings is 1. The summed E-state index contributed by atoms with van der Waals surface area (Å²) in [5, 5.41) is 1.74. The highest BCUT2D eigenvalue weighted by atomic mass is 35.5. The summed E-state index contributed by atoms with van der Waals surface area (Å²) in [7, 11) is 0. The number of hydrogen-bond acceptors (Lipinski definition) is 2. The summed E-state index contributed by atoms with van der Waals surface area (Å²) in [6.07, 6.45) is 0.892. The van der Waals surface area contributed by atoms with Crippen LogP contribution >= 0.6 is 23.8 Å². The Kier molecular flexibility index (Phi) is 1.97. The molecule has 2 nitrogen and oxygen atoms in total. The second-order valence-electron chi connectivity index (χ2n) is 3.55. The average molecular weight is 238 g/mol. The SMILES string of the molecule is S=c1c2c([nH]c3cc(Cl)ccc13)OCC2. The number of rotatable bonds is 0. The standard InChI is InChI=1S/C11H8ClNOS/c12-6-1-2-7-9(5-6)13-11-8(10(7)15)3-4-14-11/h1-2,5H,3-4H2,(H,13,15). The molecule has 1 aliphatic heterocycles. The molecule has 1 aliphatic rings. The minimum atomic E-state index is 0.700. The Balaban J connectivity index is 2.46. The Labute approximate surface area is 96.8 Å². The van der Waals surface area contributed by atoms with Crippen LogP contribution in [0.4, 0.5) is 0 Å². The van der Waals surface area contributed by atoms with E-state index >= 15 is 0 Å². The Morgan fingerprint density at radius 1 is 1.40 bits per heavy atom. The molecule has 0 saturated carbocycles. The number of aromatic amines is 1. The van der Waals surface area contributed by atoms with Gasteiger partial charge < -0.3 is 9.72 Å². The fourth-order valence-electron chi connectivity index (χ4n) is 1.89. The zero-order valence-corrected chi connectivity index (χ0v) is 9.41. The Bertz CT molecular complexity index is 605. The van der Waals surface area contributed by atoms with Crippen molar-refractivity contribution < 1.29 is 4.74 Å². The predicted octanol–water partition coefficient (Wildman–Crippen LogP) is 3.49. The van der Waals surface area contributed by atoms with Crippen LogP contribution in [-0.2, 0) is 6.42 Å². The van der Waals surface area contributed by atoms with Gasteiger partial charge in [0.15, 0.2) is 5.88 Å². The number of benzene rings is 1. The van der Waals surface area contributed by atoms with Gasteiger partial charge in [0.2, 0.25) is 0 Å². The minimum absolute atomic E-state index is 0.700. The van der Waals surface area contributed by atoms with Crippen LogP contribution in [0.15, 0.2) is 18.2 Å². The molecule has 2 heterocycles. The van der Waals surface area contributed by atoms with Gasteiger partial charge in [0, 0.05) is 22.4 Å². The van der Waals surface area contributed by atoms with Gasteiger partial charge in [0.1, 0.15) is 0 Å². The zero-order chi connectivity index (χ0) is 10.4. The topological polar surface area (TPSA) is 25.0 Å². The lowest BCUT2D eigenvalue weighted by atomic mass is 10.1. The third-order valence-corrected chi connectivity index (χ3v) is 3.32. The van der Waals surface area contributed by atoms with Gasteiger partial charge in [-0.15, -0.1) is 0 Å². The van der Waals surface area contributed by atoms with E-state index in [1.165, 1.54) is 0 Å². The number of aromatic nitrogens is 1. The molecule has 0 saturated heterocycles. The summed E-state index contributed by atoms with van der Waals surface area (Å²) in [5.41, 5.74) is 2.05. The van der Waals surface area contributed by atoms with Gasteiger partial charge in [0.25, 0.3) is 0 Å². The van der Waals surface area contributed by atoms with Crippen LogP contribution in [0, 0.1) is 4.51 Å². The third-order valence-electron chi connectivity index (χ3n) is 2.62. The first kappa shape index (κ1) is 9.19. The van der Waals surface area contributed by atoms with Crippen molar-refractivity contribution in [3.63, 3.8) is 0 Å². The maximum Gasteiger partial charge on any atom is 0.196 e.